The molecule has 2 heterocycles. The zero-order chi connectivity index (χ0) is 21.0. The number of morpholine rings is 1. The predicted molar refractivity (Wildman–Crippen MR) is 109 cm³/mol. The van der Waals surface area contributed by atoms with E-state index in [0.29, 0.717) is 18.8 Å². The summed E-state index contributed by atoms with van der Waals surface area (Å²) in [6.07, 6.45) is 1.32. The molecule has 0 unspecified atom stereocenters. The number of nitrogens with zero attached hydrogens (tertiary/aromatic N) is 4. The number of hydrogen-bond donors (Lipinski definition) is 2. The summed E-state index contributed by atoms with van der Waals surface area (Å²) in [6.45, 7) is 4.37. The van der Waals surface area contributed by atoms with Crippen molar-refractivity contribution in [2.24, 2.45) is 7.05 Å². The maximum Gasteiger partial charge on any atom is 0.319 e. The van der Waals surface area contributed by atoms with Crippen LogP contribution in [0.4, 0.5) is 10.5 Å². The van der Waals surface area contributed by atoms with E-state index in [0.717, 1.165) is 11.4 Å². The number of nitrogens with one attached hydrogen (secondary N) is 2. The van der Waals surface area contributed by atoms with Gasteiger partial charge in [0, 0.05) is 37.9 Å². The minimum Gasteiger partial charge on any atom is -0.373 e. The molecule has 1 aliphatic rings. The molecule has 29 heavy (non-hydrogen) atoms. The summed E-state index contributed by atoms with van der Waals surface area (Å²) in [5.41, 5.74) is 1.46. The van der Waals surface area contributed by atoms with Crippen molar-refractivity contribution in [1.82, 2.24) is 24.4 Å². The number of anilines is 1. The Morgan fingerprint density at radius 3 is 2.45 bits per heavy atom. The topological polar surface area (TPSA) is 118 Å². The second-order valence-corrected chi connectivity index (χ2v) is 9.20. The molecule has 0 spiro atoms. The molecule has 2 amide bonds. The van der Waals surface area contributed by atoms with Gasteiger partial charge in [-0.15, -0.1) is 10.2 Å². The fourth-order valence-electron chi connectivity index (χ4n) is 3.20. The maximum atomic E-state index is 12.5. The van der Waals surface area contributed by atoms with Gasteiger partial charge in [0.05, 0.1) is 18.0 Å². The van der Waals surface area contributed by atoms with Crippen molar-refractivity contribution < 1.29 is 17.9 Å². The molecule has 1 saturated heterocycles. The van der Waals surface area contributed by atoms with Crippen LogP contribution in [-0.4, -0.2) is 71.1 Å². The van der Waals surface area contributed by atoms with Gasteiger partial charge in [0.2, 0.25) is 10.0 Å². The van der Waals surface area contributed by atoms with E-state index in [1.54, 1.807) is 23.0 Å². The summed E-state index contributed by atoms with van der Waals surface area (Å²) in [5.74, 6) is 0.559. The van der Waals surface area contributed by atoms with Crippen molar-refractivity contribution >= 4 is 21.7 Å². The molecule has 1 aromatic heterocycles. The van der Waals surface area contributed by atoms with Crippen LogP contribution in [0, 0.1) is 0 Å². The monoisotopic (exact) mass is 422 g/mol. The largest absolute Gasteiger partial charge is 0.373 e. The summed E-state index contributed by atoms with van der Waals surface area (Å²) < 4.78 is 33.7. The van der Waals surface area contributed by atoms with Crippen LogP contribution in [0.15, 0.2) is 30.6 Å². The van der Waals surface area contributed by atoms with Gasteiger partial charge in [0.1, 0.15) is 6.33 Å². The van der Waals surface area contributed by atoms with Crippen molar-refractivity contribution in [1.29, 1.82) is 0 Å². The Hall–Kier alpha value is -2.50. The first-order valence-electron chi connectivity index (χ1n) is 9.37. The fraction of sp³-hybridized carbons (Fsp3) is 0.500. The number of sulfonamides is 1. The highest BCUT2D eigenvalue weighted by atomic mass is 32.2. The molecule has 3 rings (SSSR count). The quantitative estimate of drug-likeness (QED) is 0.718. The normalized spacial score (nSPS) is 20.4. The van der Waals surface area contributed by atoms with Gasteiger partial charge in [0.25, 0.3) is 0 Å². The van der Waals surface area contributed by atoms with Crippen LogP contribution in [0.2, 0.25) is 0 Å². The highest BCUT2D eigenvalue weighted by molar-refractivity contribution is 7.89. The number of carbonyl (C=O) groups is 1. The number of carbonyl (C=O) groups excluding carboxylic acids is 1. The Labute approximate surface area is 170 Å². The molecule has 0 bridgehead atoms. The Morgan fingerprint density at radius 2 is 1.86 bits per heavy atom. The molecule has 1 fully saturated rings. The number of urea groups is 1. The third kappa shape index (κ3) is 5.52. The lowest BCUT2D eigenvalue weighted by Gasteiger charge is -2.34. The van der Waals surface area contributed by atoms with Gasteiger partial charge >= 0.3 is 6.03 Å². The van der Waals surface area contributed by atoms with Gasteiger partial charge in [-0.05, 0) is 38.1 Å². The molecule has 2 aromatic rings. The van der Waals surface area contributed by atoms with Crippen molar-refractivity contribution in [2.45, 2.75) is 26.1 Å². The summed E-state index contributed by atoms with van der Waals surface area (Å²) in [5, 5.41) is 13.1. The molecule has 158 valence electrons. The lowest BCUT2D eigenvalue weighted by Crippen LogP contribution is -2.49. The van der Waals surface area contributed by atoms with E-state index < -0.39 is 16.1 Å². The number of ether oxygens (including phenoxy) is 1. The third-order valence-electron chi connectivity index (χ3n) is 4.54. The van der Waals surface area contributed by atoms with Crippen molar-refractivity contribution in [3.05, 3.63) is 30.6 Å². The summed E-state index contributed by atoms with van der Waals surface area (Å²) >= 11 is 0. The maximum absolute atomic E-state index is 12.5. The van der Waals surface area contributed by atoms with Crippen molar-refractivity contribution in [3.8, 4) is 11.4 Å². The highest BCUT2D eigenvalue weighted by Gasteiger charge is 2.30. The third-order valence-corrected chi connectivity index (χ3v) is 6.34. The number of benzene rings is 1. The number of aryl methyl sites for hydroxylation is 1. The van der Waals surface area contributed by atoms with Crippen LogP contribution in [0.1, 0.15) is 13.8 Å². The Kier molecular flexibility index (Phi) is 6.50. The Morgan fingerprint density at radius 1 is 1.21 bits per heavy atom. The average molecular weight is 423 g/mol. The fourth-order valence-corrected chi connectivity index (χ4v) is 4.70. The SMILES string of the molecule is C[C@@H]1CN(S(=O)(=O)CCNC(=O)Nc2ccc(-c3nncn3C)cc2)C[C@H](C)O1. The molecular formula is C18H26N6O4S. The van der Waals surface area contributed by atoms with Crippen molar-refractivity contribution in [2.75, 3.05) is 30.7 Å². The standard InChI is InChI=1S/C18H26N6O4S/c1-13-10-24(11-14(2)28-13)29(26,27)9-8-19-18(25)21-16-6-4-15(5-7-16)17-22-20-12-23(17)3/h4-7,12-14H,8-11H2,1-3H3,(H2,19,21,25)/t13-,14+. The van der Waals surface area contributed by atoms with Gasteiger partial charge in [-0.2, -0.15) is 4.31 Å². The van der Waals surface area contributed by atoms with E-state index in [1.807, 2.05) is 33.0 Å². The van der Waals surface area contributed by atoms with E-state index in [9.17, 15) is 13.2 Å². The molecule has 11 heteroatoms. The van der Waals surface area contributed by atoms with Crippen LogP contribution in [0.5, 0.6) is 0 Å². The van der Waals surface area contributed by atoms with E-state index in [2.05, 4.69) is 20.8 Å². The van der Waals surface area contributed by atoms with E-state index in [-0.39, 0.29) is 24.5 Å². The molecular weight excluding hydrogens is 396 g/mol. The lowest BCUT2D eigenvalue weighted by atomic mass is 10.2. The van der Waals surface area contributed by atoms with E-state index in [4.69, 9.17) is 4.74 Å². The molecule has 1 aromatic carbocycles. The summed E-state index contributed by atoms with van der Waals surface area (Å²) in [7, 11) is -1.61. The minimum absolute atomic E-state index is 0.0192. The number of hydrogen-bond acceptors (Lipinski definition) is 6. The molecule has 0 aliphatic carbocycles. The van der Waals surface area contributed by atoms with Gasteiger partial charge in [-0.3, -0.25) is 0 Å². The van der Waals surface area contributed by atoms with Crippen LogP contribution in [0.25, 0.3) is 11.4 Å². The Bertz CT molecular complexity index is 934. The number of amides is 2. The molecule has 1 aliphatic heterocycles. The summed E-state index contributed by atoms with van der Waals surface area (Å²) in [4.78, 5) is 12.1. The molecule has 2 N–H and O–H groups in total. The molecule has 10 nitrogen and oxygen atoms in total. The molecule has 2 atom stereocenters. The van der Waals surface area contributed by atoms with Crippen LogP contribution >= 0.6 is 0 Å². The highest BCUT2D eigenvalue weighted by Crippen LogP contribution is 2.18. The smallest absolute Gasteiger partial charge is 0.319 e. The van der Waals surface area contributed by atoms with Gasteiger partial charge < -0.3 is 19.9 Å². The molecule has 0 saturated carbocycles. The lowest BCUT2D eigenvalue weighted by molar-refractivity contribution is -0.0440. The second kappa shape index (κ2) is 8.89. The van der Waals surface area contributed by atoms with Crippen LogP contribution < -0.4 is 10.6 Å². The van der Waals surface area contributed by atoms with Crippen LogP contribution in [-0.2, 0) is 21.8 Å². The van der Waals surface area contributed by atoms with Crippen LogP contribution in [0.3, 0.4) is 0 Å². The van der Waals surface area contributed by atoms with E-state index >= 15 is 0 Å². The zero-order valence-electron chi connectivity index (χ0n) is 16.7. The van der Waals surface area contributed by atoms with Crippen molar-refractivity contribution in [3.63, 3.8) is 0 Å². The van der Waals surface area contributed by atoms with Gasteiger partial charge in [-0.1, -0.05) is 0 Å². The first-order chi connectivity index (χ1) is 13.7. The first-order valence-corrected chi connectivity index (χ1v) is 11.0. The number of aromatic nitrogens is 3. The zero-order valence-corrected chi connectivity index (χ0v) is 17.5. The number of rotatable bonds is 6. The Balaban J connectivity index is 1.48. The minimum atomic E-state index is -3.46. The second-order valence-electron chi connectivity index (χ2n) is 7.11. The van der Waals surface area contributed by atoms with Gasteiger partial charge in [-0.25, -0.2) is 13.2 Å². The predicted octanol–water partition coefficient (Wildman–Crippen LogP) is 1.04. The van der Waals surface area contributed by atoms with E-state index in [1.165, 1.54) is 4.31 Å². The average Bonchev–Trinajstić information content (AvgIpc) is 3.07. The first kappa shape index (κ1) is 21.2. The summed E-state index contributed by atoms with van der Waals surface area (Å²) in [6, 6.07) is 6.68. The molecule has 0 radical (unpaired) electrons. The van der Waals surface area contributed by atoms with Gasteiger partial charge in [0.15, 0.2) is 5.82 Å².